The number of nitrogens with two attached hydrogens (primary N) is 1. The van der Waals surface area contributed by atoms with Gasteiger partial charge in [0, 0.05) is 23.7 Å². The van der Waals surface area contributed by atoms with Crippen molar-refractivity contribution in [2.45, 2.75) is 76.5 Å². The van der Waals surface area contributed by atoms with Crippen molar-refractivity contribution in [2.24, 2.45) is 5.92 Å². The highest BCUT2D eigenvalue weighted by Gasteiger charge is 2.28. The average molecular weight is 488 g/mol. The third kappa shape index (κ3) is 10.4. The Hall–Kier alpha value is -2.22. The number of hydrogen-bond donors (Lipinski definition) is 3. The lowest BCUT2D eigenvalue weighted by atomic mass is 10.0. The maximum absolute atomic E-state index is 12.7. The van der Waals surface area contributed by atoms with Crippen LogP contribution in [0.3, 0.4) is 0 Å². The molecule has 34 heavy (non-hydrogen) atoms. The quantitative estimate of drug-likeness (QED) is 0.255. The standard InChI is InChI=1S/C27H41N3O3S/c1-6-16-27(4,5)33-26(32)29-24(17-21-10-8-7-9-11-21)25(31)19-30(18-20(2)3)34-23-14-12-22(28)13-15-23/h7-15,20,24-25,31H,6,16-19,28H2,1-5H3,(H,29,32). The summed E-state index contributed by atoms with van der Waals surface area (Å²) in [6.45, 7) is 11.4. The van der Waals surface area contributed by atoms with Crippen molar-refractivity contribution in [3.05, 3.63) is 60.2 Å². The summed E-state index contributed by atoms with van der Waals surface area (Å²) in [6, 6.07) is 17.1. The summed E-state index contributed by atoms with van der Waals surface area (Å²) in [4.78, 5) is 13.8. The van der Waals surface area contributed by atoms with E-state index in [-0.39, 0.29) is 0 Å². The van der Waals surface area contributed by atoms with Gasteiger partial charge in [0.2, 0.25) is 0 Å². The highest BCUT2D eigenvalue weighted by Crippen LogP contribution is 2.25. The summed E-state index contributed by atoms with van der Waals surface area (Å²) >= 11 is 1.59. The molecule has 4 N–H and O–H groups in total. The Morgan fingerprint density at radius 3 is 2.35 bits per heavy atom. The van der Waals surface area contributed by atoms with Crippen LogP contribution in [-0.4, -0.2) is 46.3 Å². The zero-order valence-electron chi connectivity index (χ0n) is 21.2. The Balaban J connectivity index is 2.15. The second kappa shape index (κ2) is 13.6. The molecule has 2 aromatic carbocycles. The predicted octanol–water partition coefficient (Wildman–Crippen LogP) is 5.51. The zero-order valence-corrected chi connectivity index (χ0v) is 22.0. The largest absolute Gasteiger partial charge is 0.444 e. The number of ether oxygens (including phenoxy) is 1. The van der Waals surface area contributed by atoms with Gasteiger partial charge in [0.25, 0.3) is 0 Å². The van der Waals surface area contributed by atoms with Crippen molar-refractivity contribution >= 4 is 23.7 Å². The van der Waals surface area contributed by atoms with Crippen LogP contribution in [0.25, 0.3) is 0 Å². The van der Waals surface area contributed by atoms with Crippen LogP contribution in [0, 0.1) is 5.92 Å². The van der Waals surface area contributed by atoms with Crippen LogP contribution in [0.15, 0.2) is 59.5 Å². The third-order valence-corrected chi connectivity index (χ3v) is 6.40. The molecule has 0 heterocycles. The first-order valence-corrected chi connectivity index (χ1v) is 12.8. The van der Waals surface area contributed by atoms with E-state index in [1.54, 1.807) is 11.9 Å². The minimum Gasteiger partial charge on any atom is -0.444 e. The molecular formula is C27H41N3O3S. The van der Waals surface area contributed by atoms with E-state index in [0.29, 0.717) is 18.9 Å². The molecule has 2 unspecified atom stereocenters. The van der Waals surface area contributed by atoms with Crippen LogP contribution < -0.4 is 11.1 Å². The summed E-state index contributed by atoms with van der Waals surface area (Å²) in [6.07, 6.45) is 0.908. The van der Waals surface area contributed by atoms with Crippen molar-refractivity contribution in [3.8, 4) is 0 Å². The molecule has 0 aromatic heterocycles. The van der Waals surface area contributed by atoms with Crippen LogP contribution in [0.1, 0.15) is 53.0 Å². The average Bonchev–Trinajstić information content (AvgIpc) is 2.74. The normalized spacial score (nSPS) is 13.6. The Morgan fingerprint density at radius 1 is 1.12 bits per heavy atom. The molecular weight excluding hydrogens is 446 g/mol. The fourth-order valence-electron chi connectivity index (χ4n) is 3.81. The third-order valence-electron chi connectivity index (χ3n) is 5.36. The summed E-state index contributed by atoms with van der Waals surface area (Å²) in [5, 5.41) is 14.2. The van der Waals surface area contributed by atoms with Gasteiger partial charge in [-0.2, -0.15) is 0 Å². The first-order valence-electron chi connectivity index (χ1n) is 12.1. The van der Waals surface area contributed by atoms with Crippen LogP contribution in [0.5, 0.6) is 0 Å². The summed E-state index contributed by atoms with van der Waals surface area (Å²) in [5.74, 6) is 0.411. The molecule has 2 rings (SSSR count). The second-order valence-electron chi connectivity index (χ2n) is 9.81. The fourth-order valence-corrected chi connectivity index (χ4v) is 4.96. The molecule has 0 fully saturated rings. The Morgan fingerprint density at radius 2 is 1.76 bits per heavy atom. The Labute approximate surface area is 209 Å². The van der Waals surface area contributed by atoms with Crippen molar-refractivity contribution in [2.75, 3.05) is 18.8 Å². The minimum absolute atomic E-state index is 0.392. The number of nitrogens with one attached hydrogen (secondary N) is 1. The van der Waals surface area contributed by atoms with Crippen LogP contribution in [-0.2, 0) is 11.2 Å². The van der Waals surface area contributed by atoms with E-state index in [1.807, 2.05) is 68.4 Å². The number of aliphatic hydroxyl groups excluding tert-OH is 1. The topological polar surface area (TPSA) is 87.8 Å². The molecule has 2 aromatic rings. The first kappa shape index (κ1) is 28.0. The molecule has 7 heteroatoms. The van der Waals surface area contributed by atoms with E-state index < -0.39 is 23.8 Å². The van der Waals surface area contributed by atoms with Crippen molar-refractivity contribution < 1.29 is 14.6 Å². The Bertz CT molecular complexity index is 859. The van der Waals surface area contributed by atoms with Gasteiger partial charge in [-0.25, -0.2) is 9.10 Å². The number of rotatable bonds is 13. The molecule has 6 nitrogen and oxygen atoms in total. The number of amides is 1. The summed E-state index contributed by atoms with van der Waals surface area (Å²) in [7, 11) is 0. The number of carbonyl (C=O) groups excluding carboxylic acids is 1. The van der Waals surface area contributed by atoms with E-state index in [9.17, 15) is 9.90 Å². The van der Waals surface area contributed by atoms with E-state index in [1.165, 1.54) is 0 Å². The summed E-state index contributed by atoms with van der Waals surface area (Å²) < 4.78 is 7.83. The highest BCUT2D eigenvalue weighted by atomic mass is 32.2. The molecule has 188 valence electrons. The number of nitrogen functional groups attached to an aromatic ring is 1. The lowest BCUT2D eigenvalue weighted by Crippen LogP contribution is -2.50. The van der Waals surface area contributed by atoms with Gasteiger partial charge in [0.1, 0.15) is 5.60 Å². The van der Waals surface area contributed by atoms with Gasteiger partial charge in [-0.3, -0.25) is 0 Å². The zero-order chi connectivity index (χ0) is 25.1. The minimum atomic E-state index is -0.790. The van der Waals surface area contributed by atoms with Crippen LogP contribution in [0.4, 0.5) is 10.5 Å². The smallest absolute Gasteiger partial charge is 0.407 e. The van der Waals surface area contributed by atoms with E-state index in [2.05, 4.69) is 30.4 Å². The van der Waals surface area contributed by atoms with Gasteiger partial charge in [-0.15, -0.1) is 0 Å². The monoisotopic (exact) mass is 487 g/mol. The molecule has 0 aliphatic carbocycles. The number of anilines is 1. The van der Waals surface area contributed by atoms with E-state index in [0.717, 1.165) is 35.5 Å². The first-order chi connectivity index (χ1) is 16.1. The fraction of sp³-hybridized carbons (Fsp3) is 0.519. The molecule has 1 amide bonds. The molecule has 0 aliphatic rings. The lowest BCUT2D eigenvalue weighted by molar-refractivity contribution is 0.0233. The highest BCUT2D eigenvalue weighted by molar-refractivity contribution is 7.97. The Kier molecular flexibility index (Phi) is 11.2. The van der Waals surface area contributed by atoms with Gasteiger partial charge in [0.15, 0.2) is 0 Å². The second-order valence-corrected chi connectivity index (χ2v) is 11.0. The van der Waals surface area contributed by atoms with Crippen LogP contribution in [0.2, 0.25) is 0 Å². The van der Waals surface area contributed by atoms with Gasteiger partial charge in [0.05, 0.1) is 12.1 Å². The molecule has 0 aliphatic heterocycles. The van der Waals surface area contributed by atoms with Gasteiger partial charge >= 0.3 is 6.09 Å². The van der Waals surface area contributed by atoms with Gasteiger partial charge < -0.3 is 20.9 Å². The molecule has 0 saturated carbocycles. The lowest BCUT2D eigenvalue weighted by Gasteiger charge is -2.31. The summed E-state index contributed by atoms with van der Waals surface area (Å²) in [5.41, 5.74) is 7.03. The maximum Gasteiger partial charge on any atom is 0.407 e. The molecule has 0 bridgehead atoms. The van der Waals surface area contributed by atoms with Crippen molar-refractivity contribution in [3.63, 3.8) is 0 Å². The van der Waals surface area contributed by atoms with Crippen molar-refractivity contribution in [1.82, 2.24) is 9.62 Å². The number of nitrogens with zero attached hydrogens (tertiary/aromatic N) is 1. The SMILES string of the molecule is CCCC(C)(C)OC(=O)NC(Cc1ccccc1)C(O)CN(CC(C)C)Sc1ccc(N)cc1. The molecule has 0 spiro atoms. The van der Waals surface area contributed by atoms with E-state index >= 15 is 0 Å². The molecule has 0 saturated heterocycles. The van der Waals surface area contributed by atoms with Gasteiger partial charge in [-0.05, 0) is 74.4 Å². The molecule has 0 radical (unpaired) electrons. The number of hydrogen-bond acceptors (Lipinski definition) is 6. The van der Waals surface area contributed by atoms with Crippen molar-refractivity contribution in [1.29, 1.82) is 0 Å². The van der Waals surface area contributed by atoms with Crippen LogP contribution >= 0.6 is 11.9 Å². The number of aliphatic hydroxyl groups is 1. The number of carbonyl (C=O) groups is 1. The predicted molar refractivity (Wildman–Crippen MR) is 142 cm³/mol. The number of alkyl carbamates (subject to hydrolysis) is 1. The maximum atomic E-state index is 12.7. The number of benzene rings is 2. The van der Waals surface area contributed by atoms with E-state index in [4.69, 9.17) is 10.5 Å². The van der Waals surface area contributed by atoms with Gasteiger partial charge in [-0.1, -0.05) is 57.5 Å². The molecule has 2 atom stereocenters.